The molecular weight excluding hydrogens is 234 g/mol. The van der Waals surface area contributed by atoms with Crippen LogP contribution in [0.25, 0.3) is 0 Å². The first-order valence-corrected chi connectivity index (χ1v) is 7.61. The minimum Gasteiger partial charge on any atom is -0.229 e. The number of rotatable bonds is 3. The molecule has 1 fully saturated rings. The zero-order chi connectivity index (χ0) is 12.6. The molecule has 17 heavy (non-hydrogen) atoms. The summed E-state index contributed by atoms with van der Waals surface area (Å²) in [5.41, 5.74) is 2.18. The molecule has 1 aromatic rings. The van der Waals surface area contributed by atoms with Crippen molar-refractivity contribution in [3.05, 3.63) is 35.4 Å². The van der Waals surface area contributed by atoms with Crippen molar-refractivity contribution in [3.63, 3.8) is 0 Å². The number of nitrogens with zero attached hydrogens (tertiary/aromatic N) is 1. The van der Waals surface area contributed by atoms with Gasteiger partial charge in [-0.3, -0.25) is 0 Å². The van der Waals surface area contributed by atoms with E-state index >= 15 is 0 Å². The topological polar surface area (TPSA) is 57.9 Å². The van der Waals surface area contributed by atoms with Gasteiger partial charge < -0.3 is 0 Å². The zero-order valence-corrected chi connectivity index (χ0v) is 10.7. The van der Waals surface area contributed by atoms with Crippen LogP contribution in [0, 0.1) is 17.2 Å². The Kier molecular flexibility index (Phi) is 2.96. The minimum atomic E-state index is -3.13. The van der Waals surface area contributed by atoms with Crippen LogP contribution in [0.15, 0.2) is 24.3 Å². The number of sulfone groups is 1. The maximum Gasteiger partial charge on any atom is 0.152 e. The predicted molar refractivity (Wildman–Crippen MR) is 66.3 cm³/mol. The Morgan fingerprint density at radius 1 is 1.29 bits per heavy atom. The Balaban J connectivity index is 2.27. The van der Waals surface area contributed by atoms with Crippen molar-refractivity contribution in [1.82, 2.24) is 0 Å². The molecule has 3 atom stereocenters. The van der Waals surface area contributed by atoms with Gasteiger partial charge in [0, 0.05) is 12.2 Å². The van der Waals surface area contributed by atoms with Crippen LogP contribution in [0.5, 0.6) is 0 Å². The Bertz CT molecular complexity index is 554. The summed E-state index contributed by atoms with van der Waals surface area (Å²) in [4.78, 5) is 0. The van der Waals surface area contributed by atoms with Gasteiger partial charge in [0.1, 0.15) is 0 Å². The van der Waals surface area contributed by atoms with E-state index in [4.69, 9.17) is 5.26 Å². The highest BCUT2D eigenvalue weighted by molar-refractivity contribution is 7.91. The van der Waals surface area contributed by atoms with Gasteiger partial charge in [0.05, 0.1) is 17.2 Å². The number of nitriles is 1. The maximum absolute atomic E-state index is 11.5. The molecular formula is C13H15NO2S. The van der Waals surface area contributed by atoms with Gasteiger partial charge in [-0.25, -0.2) is 8.42 Å². The number of aryl methyl sites for hydroxylation is 1. The van der Waals surface area contributed by atoms with E-state index in [1.165, 1.54) is 11.8 Å². The third-order valence-corrected chi connectivity index (χ3v) is 4.95. The van der Waals surface area contributed by atoms with Gasteiger partial charge in [-0.2, -0.15) is 5.26 Å². The molecule has 0 spiro atoms. The largest absolute Gasteiger partial charge is 0.229 e. The average molecular weight is 249 g/mol. The lowest BCUT2D eigenvalue weighted by atomic mass is 10.1. The fourth-order valence-electron chi connectivity index (χ4n) is 2.34. The first kappa shape index (κ1) is 12.1. The van der Waals surface area contributed by atoms with E-state index in [2.05, 4.69) is 13.0 Å². The lowest BCUT2D eigenvalue weighted by Crippen LogP contribution is -2.06. The number of hydrogen-bond acceptors (Lipinski definition) is 3. The van der Waals surface area contributed by atoms with Gasteiger partial charge in [-0.1, -0.05) is 31.2 Å². The second-order valence-electron chi connectivity index (χ2n) is 4.57. The van der Waals surface area contributed by atoms with E-state index in [0.717, 1.165) is 12.0 Å². The van der Waals surface area contributed by atoms with Crippen molar-refractivity contribution in [2.24, 2.45) is 5.92 Å². The highest BCUT2D eigenvalue weighted by atomic mass is 32.2. The van der Waals surface area contributed by atoms with Gasteiger partial charge in [0.15, 0.2) is 9.84 Å². The number of benzene rings is 1. The number of hydrogen-bond donors (Lipinski definition) is 0. The lowest BCUT2D eigenvalue weighted by molar-refractivity contribution is 0.599. The normalized spacial score (nSPS) is 27.5. The van der Waals surface area contributed by atoms with Crippen LogP contribution >= 0.6 is 0 Å². The van der Waals surface area contributed by atoms with Crippen molar-refractivity contribution in [2.75, 3.05) is 6.26 Å². The summed E-state index contributed by atoms with van der Waals surface area (Å²) in [6.07, 6.45) is 2.17. The molecule has 1 aliphatic rings. The lowest BCUT2D eigenvalue weighted by Gasteiger charge is -2.01. The summed E-state index contributed by atoms with van der Waals surface area (Å²) in [5.74, 6) is -0.515. The second-order valence-corrected chi connectivity index (χ2v) is 6.77. The van der Waals surface area contributed by atoms with E-state index in [0.29, 0.717) is 0 Å². The van der Waals surface area contributed by atoms with Crippen LogP contribution < -0.4 is 0 Å². The molecule has 1 aliphatic carbocycles. The second kappa shape index (κ2) is 4.15. The SMILES string of the molecule is CCc1ccc([C@@H]2[C@@H](C#N)[C@H]2S(C)(=O)=O)cc1. The van der Waals surface area contributed by atoms with Crippen molar-refractivity contribution in [1.29, 1.82) is 5.26 Å². The van der Waals surface area contributed by atoms with Gasteiger partial charge in [0.25, 0.3) is 0 Å². The first-order valence-electron chi connectivity index (χ1n) is 5.66. The predicted octanol–water partition coefficient (Wildman–Crippen LogP) is 1.90. The molecule has 0 heterocycles. The smallest absolute Gasteiger partial charge is 0.152 e. The molecule has 90 valence electrons. The Morgan fingerprint density at radius 3 is 2.24 bits per heavy atom. The van der Waals surface area contributed by atoms with E-state index in [1.54, 1.807) is 0 Å². The van der Waals surface area contributed by atoms with E-state index in [1.807, 2.05) is 24.3 Å². The Labute approximate surface area is 102 Å². The van der Waals surface area contributed by atoms with E-state index in [-0.39, 0.29) is 11.8 Å². The molecule has 0 N–H and O–H groups in total. The summed E-state index contributed by atoms with van der Waals surface area (Å²) in [5, 5.41) is 8.44. The van der Waals surface area contributed by atoms with Crippen LogP contribution in [-0.2, 0) is 16.3 Å². The van der Waals surface area contributed by atoms with E-state index in [9.17, 15) is 8.42 Å². The molecule has 0 aromatic heterocycles. The van der Waals surface area contributed by atoms with Crippen LogP contribution in [0.1, 0.15) is 24.0 Å². The van der Waals surface area contributed by atoms with Crippen molar-refractivity contribution < 1.29 is 8.42 Å². The highest BCUT2D eigenvalue weighted by Crippen LogP contribution is 2.51. The monoisotopic (exact) mass is 249 g/mol. The molecule has 1 saturated carbocycles. The van der Waals surface area contributed by atoms with Crippen LogP contribution in [0.3, 0.4) is 0 Å². The maximum atomic E-state index is 11.5. The van der Waals surface area contributed by atoms with Gasteiger partial charge >= 0.3 is 0 Å². The first-order chi connectivity index (χ1) is 7.99. The molecule has 3 nitrogen and oxygen atoms in total. The molecule has 1 aromatic carbocycles. The van der Waals surface area contributed by atoms with E-state index < -0.39 is 15.1 Å². The van der Waals surface area contributed by atoms with Gasteiger partial charge in [-0.15, -0.1) is 0 Å². The third kappa shape index (κ3) is 2.20. The zero-order valence-electron chi connectivity index (χ0n) is 9.92. The molecule has 0 radical (unpaired) electrons. The summed E-state index contributed by atoms with van der Waals surface area (Å²) in [7, 11) is -3.13. The molecule has 0 bridgehead atoms. The standard InChI is InChI=1S/C13H15NO2S/c1-3-9-4-6-10(7-5-9)12-11(8-14)13(12)17(2,15)16/h4-7,11-13H,3H2,1-2H3/t11-,12-,13-/m1/s1. The fraction of sp³-hybridized carbons (Fsp3) is 0.462. The molecule has 0 aliphatic heterocycles. The van der Waals surface area contributed by atoms with Gasteiger partial charge in [-0.05, 0) is 17.5 Å². The molecule has 2 rings (SSSR count). The van der Waals surface area contributed by atoms with Crippen molar-refractivity contribution >= 4 is 9.84 Å². The van der Waals surface area contributed by atoms with Crippen molar-refractivity contribution in [3.8, 4) is 6.07 Å². The Hall–Kier alpha value is -1.34. The average Bonchev–Trinajstić information content (AvgIpc) is 3.03. The van der Waals surface area contributed by atoms with Crippen molar-refractivity contribution in [2.45, 2.75) is 24.5 Å². The minimum absolute atomic E-state index is 0.138. The Morgan fingerprint density at radius 2 is 1.88 bits per heavy atom. The fourth-order valence-corrected chi connectivity index (χ4v) is 3.87. The van der Waals surface area contributed by atoms with Crippen LogP contribution in [0.4, 0.5) is 0 Å². The molecule has 0 unspecified atom stereocenters. The molecule has 0 amide bonds. The van der Waals surface area contributed by atoms with Crippen LogP contribution in [0.2, 0.25) is 0 Å². The molecule has 4 heteroatoms. The quantitative estimate of drug-likeness (QED) is 0.822. The summed E-state index contributed by atoms with van der Waals surface area (Å²) >= 11 is 0. The van der Waals surface area contributed by atoms with Crippen LogP contribution in [-0.4, -0.2) is 19.9 Å². The molecule has 0 saturated heterocycles. The summed E-state index contributed by atoms with van der Waals surface area (Å²) in [6.45, 7) is 2.07. The van der Waals surface area contributed by atoms with Gasteiger partial charge in [0.2, 0.25) is 0 Å². The third-order valence-electron chi connectivity index (χ3n) is 3.37. The summed E-state index contributed by atoms with van der Waals surface area (Å²) in [6, 6.07) is 9.98. The summed E-state index contributed by atoms with van der Waals surface area (Å²) < 4.78 is 23.0. The highest BCUT2D eigenvalue weighted by Gasteiger charge is 2.57.